The molecule has 4 nitrogen and oxygen atoms in total. The number of thiophene rings is 1. The number of methoxy groups -OCH3 is 1. The molecule has 1 aromatic heterocycles. The Kier molecular flexibility index (Phi) is 6.79. The van der Waals surface area contributed by atoms with Crippen molar-refractivity contribution in [1.82, 2.24) is 10.2 Å². The molecule has 2 aromatic carbocycles. The first kappa shape index (κ1) is 20.0. The van der Waals surface area contributed by atoms with Gasteiger partial charge in [0.2, 0.25) is 5.91 Å². The molecule has 0 aliphatic heterocycles. The molecule has 1 atom stereocenters. The molecule has 0 bridgehead atoms. The molecule has 0 spiro atoms. The maximum Gasteiger partial charge on any atom is 0.234 e. The minimum Gasteiger partial charge on any atom is -0.497 e. The summed E-state index contributed by atoms with van der Waals surface area (Å²) in [7, 11) is 3.54. The number of nitrogens with one attached hydrogen (secondary N) is 1. The van der Waals surface area contributed by atoms with Gasteiger partial charge in [0, 0.05) is 11.4 Å². The summed E-state index contributed by atoms with van der Waals surface area (Å²) in [6.07, 6.45) is 0. The van der Waals surface area contributed by atoms with Crippen LogP contribution in [0.1, 0.15) is 22.0 Å². The maximum atomic E-state index is 13.3. The Morgan fingerprint density at radius 3 is 2.46 bits per heavy atom. The van der Waals surface area contributed by atoms with Crippen LogP contribution in [0.4, 0.5) is 4.39 Å². The van der Waals surface area contributed by atoms with Crippen LogP contribution in [-0.4, -0.2) is 31.5 Å². The van der Waals surface area contributed by atoms with Crippen LogP contribution in [-0.2, 0) is 11.3 Å². The predicted molar refractivity (Wildman–Crippen MR) is 110 cm³/mol. The monoisotopic (exact) mass is 398 g/mol. The number of carbonyl (C=O) groups excluding carboxylic acids is 1. The molecule has 0 radical (unpaired) electrons. The number of hydrogen-bond acceptors (Lipinski definition) is 4. The van der Waals surface area contributed by atoms with E-state index in [4.69, 9.17) is 4.74 Å². The number of nitrogens with zero attached hydrogens (tertiary/aromatic N) is 1. The minimum atomic E-state index is -0.292. The summed E-state index contributed by atoms with van der Waals surface area (Å²) in [6, 6.07) is 17.7. The van der Waals surface area contributed by atoms with Gasteiger partial charge >= 0.3 is 0 Å². The summed E-state index contributed by atoms with van der Waals surface area (Å²) in [4.78, 5) is 15.6. The van der Waals surface area contributed by atoms with E-state index in [9.17, 15) is 9.18 Å². The van der Waals surface area contributed by atoms with Crippen molar-refractivity contribution in [2.24, 2.45) is 0 Å². The Morgan fingerprint density at radius 1 is 1.14 bits per heavy atom. The second-order valence-electron chi connectivity index (χ2n) is 6.59. The van der Waals surface area contributed by atoms with Crippen LogP contribution in [0.2, 0.25) is 0 Å². The standard InChI is InChI=1S/C22H23FN2O2S/c1-25(14-16-5-11-19(27-2)12-6-16)15-21(26)24-22(20-4-3-13-28-20)17-7-9-18(23)10-8-17/h3-13,22H,14-15H2,1-2H3,(H,24,26)/t22-/m0/s1. The molecule has 1 N–H and O–H groups in total. The highest BCUT2D eigenvalue weighted by atomic mass is 32.1. The highest BCUT2D eigenvalue weighted by Crippen LogP contribution is 2.26. The van der Waals surface area contributed by atoms with Crippen molar-refractivity contribution in [2.45, 2.75) is 12.6 Å². The van der Waals surface area contributed by atoms with E-state index in [2.05, 4.69) is 5.32 Å². The Bertz CT molecular complexity index is 880. The lowest BCUT2D eigenvalue weighted by Crippen LogP contribution is -2.37. The highest BCUT2D eigenvalue weighted by Gasteiger charge is 2.19. The van der Waals surface area contributed by atoms with Gasteiger partial charge in [0.05, 0.1) is 19.7 Å². The minimum absolute atomic E-state index is 0.0845. The van der Waals surface area contributed by atoms with E-state index in [0.717, 1.165) is 21.8 Å². The number of hydrogen-bond donors (Lipinski definition) is 1. The van der Waals surface area contributed by atoms with E-state index >= 15 is 0 Å². The summed E-state index contributed by atoms with van der Waals surface area (Å²) < 4.78 is 18.4. The van der Waals surface area contributed by atoms with Crippen molar-refractivity contribution < 1.29 is 13.9 Å². The largest absolute Gasteiger partial charge is 0.497 e. The second kappa shape index (κ2) is 9.48. The lowest BCUT2D eigenvalue weighted by atomic mass is 10.1. The van der Waals surface area contributed by atoms with Crippen molar-refractivity contribution in [3.63, 3.8) is 0 Å². The summed E-state index contributed by atoms with van der Waals surface area (Å²) in [5, 5.41) is 5.04. The third-order valence-corrected chi connectivity index (χ3v) is 5.30. The molecule has 1 amide bonds. The molecule has 3 rings (SSSR count). The van der Waals surface area contributed by atoms with Gasteiger partial charge in [-0.15, -0.1) is 11.3 Å². The normalized spacial score (nSPS) is 12.0. The Morgan fingerprint density at radius 2 is 1.86 bits per heavy atom. The van der Waals surface area contributed by atoms with E-state index in [1.54, 1.807) is 30.6 Å². The number of carbonyl (C=O) groups is 1. The smallest absolute Gasteiger partial charge is 0.234 e. The predicted octanol–water partition coefficient (Wildman–Crippen LogP) is 4.23. The van der Waals surface area contributed by atoms with Gasteiger partial charge in [-0.05, 0) is 53.9 Å². The molecule has 0 aliphatic rings. The zero-order valence-electron chi connectivity index (χ0n) is 15.9. The summed E-state index contributed by atoms with van der Waals surface area (Å²) >= 11 is 1.56. The number of likely N-dealkylation sites (N-methyl/N-ethyl adjacent to an activating group) is 1. The van der Waals surface area contributed by atoms with Gasteiger partial charge in [0.1, 0.15) is 11.6 Å². The van der Waals surface area contributed by atoms with E-state index in [1.807, 2.05) is 53.7 Å². The Hall–Kier alpha value is -2.70. The van der Waals surface area contributed by atoms with Crippen molar-refractivity contribution in [2.75, 3.05) is 20.7 Å². The van der Waals surface area contributed by atoms with Gasteiger partial charge in [-0.1, -0.05) is 30.3 Å². The van der Waals surface area contributed by atoms with Gasteiger partial charge in [0.25, 0.3) is 0 Å². The first-order chi connectivity index (χ1) is 13.5. The summed E-state index contributed by atoms with van der Waals surface area (Å²) in [5.74, 6) is 0.431. The van der Waals surface area contributed by atoms with Crippen LogP contribution >= 0.6 is 11.3 Å². The van der Waals surface area contributed by atoms with Gasteiger partial charge in [-0.2, -0.15) is 0 Å². The Balaban J connectivity index is 1.63. The van der Waals surface area contributed by atoms with Crippen LogP contribution < -0.4 is 10.1 Å². The molecular weight excluding hydrogens is 375 g/mol. The third-order valence-electron chi connectivity index (χ3n) is 4.36. The molecule has 28 heavy (non-hydrogen) atoms. The lowest BCUT2D eigenvalue weighted by Gasteiger charge is -2.21. The van der Waals surface area contributed by atoms with Crippen LogP contribution in [0.25, 0.3) is 0 Å². The molecule has 6 heteroatoms. The molecule has 0 saturated carbocycles. The van der Waals surface area contributed by atoms with E-state index in [-0.39, 0.29) is 24.3 Å². The average molecular weight is 399 g/mol. The highest BCUT2D eigenvalue weighted by molar-refractivity contribution is 7.10. The first-order valence-electron chi connectivity index (χ1n) is 8.95. The van der Waals surface area contributed by atoms with E-state index in [1.165, 1.54) is 12.1 Å². The maximum absolute atomic E-state index is 13.3. The molecule has 0 aliphatic carbocycles. The van der Waals surface area contributed by atoms with Crippen molar-refractivity contribution in [3.05, 3.63) is 87.9 Å². The fourth-order valence-corrected chi connectivity index (χ4v) is 3.78. The zero-order chi connectivity index (χ0) is 19.9. The van der Waals surface area contributed by atoms with Crippen LogP contribution in [0.5, 0.6) is 5.75 Å². The summed E-state index contributed by atoms with van der Waals surface area (Å²) in [5.41, 5.74) is 1.96. The van der Waals surface area contributed by atoms with Crippen molar-refractivity contribution in [3.8, 4) is 5.75 Å². The molecule has 146 valence electrons. The van der Waals surface area contributed by atoms with Crippen LogP contribution in [0, 0.1) is 5.82 Å². The topological polar surface area (TPSA) is 41.6 Å². The molecule has 3 aromatic rings. The van der Waals surface area contributed by atoms with E-state index < -0.39 is 0 Å². The third kappa shape index (κ3) is 5.41. The van der Waals surface area contributed by atoms with Gasteiger partial charge < -0.3 is 10.1 Å². The van der Waals surface area contributed by atoms with Gasteiger partial charge in [0.15, 0.2) is 0 Å². The number of ether oxygens (including phenoxy) is 1. The van der Waals surface area contributed by atoms with Crippen LogP contribution in [0.3, 0.4) is 0 Å². The quantitative estimate of drug-likeness (QED) is 0.617. The zero-order valence-corrected chi connectivity index (χ0v) is 16.7. The average Bonchev–Trinajstić information content (AvgIpc) is 3.22. The second-order valence-corrected chi connectivity index (χ2v) is 7.57. The molecule has 1 heterocycles. The number of rotatable bonds is 8. The first-order valence-corrected chi connectivity index (χ1v) is 9.83. The van der Waals surface area contributed by atoms with Crippen molar-refractivity contribution >= 4 is 17.2 Å². The molecular formula is C22H23FN2O2S. The molecule has 0 fully saturated rings. The molecule has 0 unspecified atom stereocenters. The number of benzene rings is 2. The van der Waals surface area contributed by atoms with Gasteiger partial charge in [-0.25, -0.2) is 4.39 Å². The Labute approximate surface area is 168 Å². The SMILES string of the molecule is COc1ccc(CN(C)CC(=O)N[C@@H](c2ccc(F)cc2)c2cccs2)cc1. The fraction of sp³-hybridized carbons (Fsp3) is 0.227. The number of halogens is 1. The number of amides is 1. The van der Waals surface area contributed by atoms with Gasteiger partial charge in [-0.3, -0.25) is 9.69 Å². The van der Waals surface area contributed by atoms with Crippen molar-refractivity contribution in [1.29, 1.82) is 0 Å². The lowest BCUT2D eigenvalue weighted by molar-refractivity contribution is -0.122. The van der Waals surface area contributed by atoms with Crippen LogP contribution in [0.15, 0.2) is 66.0 Å². The summed E-state index contributed by atoms with van der Waals surface area (Å²) in [6.45, 7) is 0.909. The fourth-order valence-electron chi connectivity index (χ4n) is 2.98. The molecule has 0 saturated heterocycles. The van der Waals surface area contributed by atoms with E-state index in [0.29, 0.717) is 6.54 Å².